The van der Waals surface area contributed by atoms with Crippen LogP contribution in [-0.4, -0.2) is 105 Å². The second-order valence-corrected chi connectivity index (χ2v) is 43.7. The van der Waals surface area contributed by atoms with Gasteiger partial charge in [-0.25, -0.2) is 11.8 Å². The fraction of sp³-hybridized carbons (Fsp3) is 0.220. The number of amidine groups is 2. The minimum absolute atomic E-state index is 0. The van der Waals surface area contributed by atoms with Crippen molar-refractivity contribution in [3.63, 3.8) is 0 Å². The molecule has 18 nitrogen and oxygen atoms in total. The van der Waals surface area contributed by atoms with Gasteiger partial charge in [0, 0.05) is 41.3 Å². The maximum atomic E-state index is 6.49. The first kappa shape index (κ1) is 109. The number of aromatic nitrogens is 4. The van der Waals surface area contributed by atoms with Crippen LogP contribution in [0.3, 0.4) is 0 Å². The van der Waals surface area contributed by atoms with Crippen LogP contribution in [-0.2, 0) is 76.2 Å². The molecule has 0 saturated carbocycles. The first-order valence-electron chi connectivity index (χ1n) is 48.2. The van der Waals surface area contributed by atoms with Crippen LogP contribution >= 0.6 is 15.8 Å². The van der Waals surface area contributed by atoms with Crippen LogP contribution in [0.1, 0.15) is 156 Å². The molecule has 0 bridgehead atoms. The van der Waals surface area contributed by atoms with Crippen molar-refractivity contribution in [2.75, 3.05) is 0 Å². The van der Waals surface area contributed by atoms with Gasteiger partial charge >= 0.3 is 67.4 Å². The van der Waals surface area contributed by atoms with E-state index in [1.165, 1.54) is 31.8 Å². The van der Waals surface area contributed by atoms with Crippen molar-refractivity contribution in [3.8, 4) is 0 Å². The van der Waals surface area contributed by atoms with E-state index in [0.717, 1.165) is 33.6 Å². The van der Waals surface area contributed by atoms with Gasteiger partial charge in [0.25, 0.3) is 0 Å². The molecule has 4 fully saturated rings. The zero-order chi connectivity index (χ0) is 100. The van der Waals surface area contributed by atoms with Crippen molar-refractivity contribution in [2.24, 2.45) is 15.0 Å². The van der Waals surface area contributed by atoms with Crippen molar-refractivity contribution >= 4 is 105 Å². The third-order valence-electron chi connectivity index (χ3n) is 26.3. The van der Waals surface area contributed by atoms with Crippen LogP contribution in [0.15, 0.2) is 427 Å². The third kappa shape index (κ3) is 27.6. The standard InChI is InChI=1S/2C32H37B2N5O4.2C18H15P.3C6H6.2Ru/c2*1-20-14-12-18-24(35-20)37-27-21-15-10-11-16-22(21)28(39-27)38-25-19-13-17-23(36-25)26(33-40-29(2,3)30(4,5)41-33)34-42-31(6,7)32(8,9)43-34;2*1-4-10-16(11-5-1)19(17-12-6-2-7-13-17)18-14-8-3-9-15-18;3*1-2-4-6-5-3-1;;/h2*10-19H,1-9H3;2*1-15H;3*1-6H;;/q2*-2;;;;;;2*+2/p+2/b38-25-;;;;;;;;. The second-order valence-electron chi connectivity index (χ2n) is 38.8. The molecule has 0 radical (unpaired) electrons. The van der Waals surface area contributed by atoms with Crippen LogP contribution in [0.25, 0.3) is 16.0 Å². The summed E-state index contributed by atoms with van der Waals surface area (Å²) in [5.41, 5.74) is 3.89. The molecule has 15 aromatic rings. The van der Waals surface area contributed by atoms with Gasteiger partial charge in [-0.1, -0.05) is 242 Å². The summed E-state index contributed by atoms with van der Waals surface area (Å²) in [5.74, 6) is 2.79. The van der Waals surface area contributed by atoms with Crippen LogP contribution in [0.4, 0.5) is 17.5 Å². The Bertz CT molecular complexity index is 6090. The van der Waals surface area contributed by atoms with E-state index in [4.69, 9.17) is 78.1 Å². The van der Waals surface area contributed by atoms with Crippen molar-refractivity contribution < 1.29 is 76.2 Å². The minimum atomic E-state index is -0.877. The van der Waals surface area contributed by atoms with Crippen LogP contribution in [0.2, 0.25) is 0 Å². The number of aliphatic imine (C=N–C) groups is 2. The van der Waals surface area contributed by atoms with Gasteiger partial charge in [0.05, 0.1) is 89.6 Å². The maximum absolute atomic E-state index is 6.49. The minimum Gasteiger partial charge on any atom is -0.472 e. The van der Waals surface area contributed by atoms with Crippen LogP contribution in [0.5, 0.6) is 0 Å². The van der Waals surface area contributed by atoms with Gasteiger partial charge in [0.2, 0.25) is 0 Å². The largest absolute Gasteiger partial charge is 2.00 e. The van der Waals surface area contributed by atoms with Gasteiger partial charge in [-0.3, -0.25) is 27.1 Å². The Labute approximate surface area is 881 Å². The SMILES string of the molecule is Cc1cccc(/N=C2\[N-][C+](/N=c3/cc[cH-]c([C-](B4OC(C)(C)C(C)(C)O4)B4OC(C)(C)C(C)(C)O4)n3)c3ccccc32)n1.Cc1cccc(/N=C2\[N-][C+]([N-]c3cccc([C-](B4OC(C)(C)C(C)(C)O4)B4OC(C)(C)C(C)(C)O4)n3)c3ccccc32)n1.[Ru+2].[Ru+2].c1ccc([PH+](c2ccccc2)c2ccccc2)cc1.c1ccc([PH+](c2ccccc2)c2ccccc2)cc1.c1ccccc1.c1ccccc1.c1ccccc1. The van der Waals surface area contributed by atoms with Gasteiger partial charge < -0.3 is 68.2 Å². The zero-order valence-corrected chi connectivity index (χ0v) is 90.5. The molecule has 0 spiro atoms. The normalized spacial score (nSPS) is 17.2. The zero-order valence-electron chi connectivity index (χ0n) is 85.0. The number of nitrogens with zero attached hydrogens (tertiary/aromatic N) is 10. The smallest absolute Gasteiger partial charge is 0.472 e. The molecule has 144 heavy (non-hydrogen) atoms. The number of benzene rings is 11. The molecular weight excluding hydrogens is 1990 g/mol. The van der Waals surface area contributed by atoms with E-state index >= 15 is 0 Å². The van der Waals surface area contributed by atoms with E-state index in [1.54, 1.807) is 0 Å². The van der Waals surface area contributed by atoms with Crippen molar-refractivity contribution in [2.45, 2.75) is 169 Å². The average Bonchev–Trinajstić information content (AvgIpc) is 1.59. The topological polar surface area (TPSA) is 205 Å². The predicted octanol–water partition coefficient (Wildman–Crippen LogP) is 24.0. The van der Waals surface area contributed by atoms with E-state index in [1.807, 2.05) is 355 Å². The van der Waals surface area contributed by atoms with Crippen LogP contribution in [0, 0.1) is 37.6 Å². The molecule has 0 N–H and O–H groups in total. The second kappa shape index (κ2) is 49.3. The quantitative estimate of drug-likeness (QED) is 0.0474. The van der Waals surface area contributed by atoms with E-state index in [2.05, 4.69) is 192 Å². The van der Waals surface area contributed by atoms with E-state index < -0.39 is 89.1 Å². The first-order valence-corrected chi connectivity index (χ1v) is 51.2. The van der Waals surface area contributed by atoms with Gasteiger partial charge in [0.15, 0.2) is 6.17 Å². The van der Waals surface area contributed by atoms with E-state index in [0.29, 0.717) is 69.8 Å². The molecule has 0 aliphatic carbocycles. The summed E-state index contributed by atoms with van der Waals surface area (Å²) < 4.78 is 51.9. The number of pyridine rings is 4. The molecule has 730 valence electrons. The fourth-order valence-electron chi connectivity index (χ4n) is 15.8. The summed E-state index contributed by atoms with van der Waals surface area (Å²) in [4.78, 5) is 33.3. The first-order chi connectivity index (χ1) is 68.2. The molecule has 0 unspecified atom stereocenters. The Hall–Kier alpha value is -11.9. The average molecular weight is 2120 g/mol. The number of fused-ring (bicyclic) bond motifs is 2. The molecule has 4 saturated heterocycles. The van der Waals surface area contributed by atoms with E-state index in [-0.39, 0.29) is 39.0 Å². The number of hydrogen-bond acceptors (Lipinski definition) is 15. The Kier molecular flexibility index (Phi) is 37.4. The summed E-state index contributed by atoms with van der Waals surface area (Å²) >= 11 is 0. The van der Waals surface area contributed by atoms with Gasteiger partial charge in [-0.05, 0) is 252 Å². The summed E-state index contributed by atoms with van der Waals surface area (Å²) in [6, 6.07) is 140. The van der Waals surface area contributed by atoms with Gasteiger partial charge in [-0.2, -0.15) is 16.8 Å². The Morgan fingerprint density at radius 3 is 0.903 bits per heavy atom. The van der Waals surface area contributed by atoms with Crippen LogP contribution < -0.4 is 37.3 Å². The third-order valence-corrected chi connectivity index (χ3v) is 31.8. The molecule has 26 heteroatoms. The predicted molar refractivity (Wildman–Crippen MR) is 589 cm³/mol. The summed E-state index contributed by atoms with van der Waals surface area (Å²) in [5, 5.41) is 23.1. The Morgan fingerprint density at radius 1 is 0.299 bits per heavy atom. The molecule has 21 rings (SSSR count). The summed E-state index contributed by atoms with van der Waals surface area (Å²) in [6.45, 7) is 36.2. The summed E-state index contributed by atoms with van der Waals surface area (Å²) in [6.07, 6.45) is 1.05. The Balaban J connectivity index is 0.000000158. The van der Waals surface area contributed by atoms with Gasteiger partial charge in [0.1, 0.15) is 48.4 Å². The van der Waals surface area contributed by atoms with Crippen molar-refractivity contribution in [1.29, 1.82) is 0 Å². The van der Waals surface area contributed by atoms with Crippen molar-refractivity contribution in [1.82, 2.24) is 19.9 Å². The molecule has 11 aromatic carbocycles. The number of aryl methyl sites for hydroxylation is 2. The summed E-state index contributed by atoms with van der Waals surface area (Å²) in [7, 11) is -4.67. The van der Waals surface area contributed by atoms with Crippen molar-refractivity contribution in [3.05, 3.63) is 503 Å². The molecule has 6 aliphatic heterocycles. The number of hydrogen-bond donors (Lipinski definition) is 0. The molecular formula is C118H124B4N10O8P2Ru2+2. The molecule has 10 heterocycles. The van der Waals surface area contributed by atoms with E-state index in [9.17, 15) is 0 Å². The monoisotopic (exact) mass is 2120 g/mol. The fourth-order valence-corrected chi connectivity index (χ4v) is 21.0. The Morgan fingerprint density at radius 2 is 0.576 bits per heavy atom. The van der Waals surface area contributed by atoms with Gasteiger partial charge in [-0.15, -0.1) is 17.5 Å². The molecule has 6 aliphatic rings. The molecule has 4 aromatic heterocycles. The maximum Gasteiger partial charge on any atom is 2.00 e. The number of rotatable bonds is 17. The molecule has 0 atom stereocenters. The molecule has 0 amide bonds.